The molecule has 1 heterocycles. The predicted octanol–water partition coefficient (Wildman–Crippen LogP) is 2.11. The zero-order valence-corrected chi connectivity index (χ0v) is 10.6. The van der Waals surface area contributed by atoms with Crippen LogP contribution in [0.3, 0.4) is 0 Å². The second kappa shape index (κ2) is 6.18. The van der Waals surface area contributed by atoms with E-state index in [9.17, 15) is 4.79 Å². The fourth-order valence-electron chi connectivity index (χ4n) is 1.53. The van der Waals surface area contributed by atoms with Gasteiger partial charge in [0.15, 0.2) is 5.69 Å². The highest BCUT2D eigenvalue weighted by Gasteiger charge is 2.11. The minimum Gasteiger partial charge on any atom is -0.477 e. The molecule has 5 nitrogen and oxygen atoms in total. The van der Waals surface area contributed by atoms with E-state index in [4.69, 9.17) is 5.11 Å². The highest BCUT2D eigenvalue weighted by Crippen LogP contribution is 2.10. The summed E-state index contributed by atoms with van der Waals surface area (Å²) in [7, 11) is 1.88. The average Bonchev–Trinajstić information content (AvgIpc) is 2.28. The van der Waals surface area contributed by atoms with Crippen molar-refractivity contribution in [3.8, 4) is 0 Å². The lowest BCUT2D eigenvalue weighted by Crippen LogP contribution is -2.22. The van der Waals surface area contributed by atoms with E-state index >= 15 is 0 Å². The Labute approximate surface area is 102 Å². The molecule has 0 radical (unpaired) electrons. The zero-order chi connectivity index (χ0) is 12.8. The summed E-state index contributed by atoms with van der Waals surface area (Å²) in [5.74, 6) is -0.530. The van der Waals surface area contributed by atoms with Gasteiger partial charge in [-0.3, -0.25) is 0 Å². The first-order valence-corrected chi connectivity index (χ1v) is 5.84. The molecule has 0 aliphatic heterocycles. The molecule has 1 rings (SSSR count). The summed E-state index contributed by atoms with van der Waals surface area (Å²) in [6.07, 6.45) is 3.37. The molecular weight excluding hydrogens is 218 g/mol. The summed E-state index contributed by atoms with van der Waals surface area (Å²) in [5, 5.41) is 8.92. The van der Waals surface area contributed by atoms with Gasteiger partial charge < -0.3 is 10.0 Å². The number of aromatic nitrogens is 2. The number of aromatic carboxylic acids is 1. The predicted molar refractivity (Wildman–Crippen MR) is 66.5 cm³/mol. The normalized spacial score (nSPS) is 10.3. The van der Waals surface area contributed by atoms with Crippen molar-refractivity contribution in [3.05, 3.63) is 17.5 Å². The Morgan fingerprint density at radius 3 is 2.71 bits per heavy atom. The van der Waals surface area contributed by atoms with Gasteiger partial charge in [-0.05, 0) is 19.4 Å². The lowest BCUT2D eigenvalue weighted by atomic mass is 10.2. The summed E-state index contributed by atoms with van der Waals surface area (Å²) in [5.41, 5.74) is 0.726. The second-order valence-electron chi connectivity index (χ2n) is 4.13. The molecule has 0 bridgehead atoms. The smallest absolute Gasteiger partial charge is 0.354 e. The third-order valence-electron chi connectivity index (χ3n) is 2.50. The SMILES string of the molecule is CCCCCN(C)c1nc(C)cc(C(=O)O)n1. The molecule has 0 amide bonds. The topological polar surface area (TPSA) is 66.3 Å². The van der Waals surface area contributed by atoms with E-state index in [0.717, 1.165) is 25.8 Å². The molecule has 0 unspecified atom stereocenters. The van der Waals surface area contributed by atoms with Crippen LogP contribution in [-0.4, -0.2) is 34.6 Å². The van der Waals surface area contributed by atoms with Crippen LogP contribution < -0.4 is 4.90 Å². The van der Waals surface area contributed by atoms with Crippen molar-refractivity contribution < 1.29 is 9.90 Å². The van der Waals surface area contributed by atoms with E-state index in [2.05, 4.69) is 16.9 Å². The van der Waals surface area contributed by atoms with Gasteiger partial charge in [0.2, 0.25) is 5.95 Å². The Bertz CT molecular complexity index is 393. The van der Waals surface area contributed by atoms with Gasteiger partial charge in [-0.15, -0.1) is 0 Å². The maximum atomic E-state index is 10.9. The Morgan fingerprint density at radius 1 is 1.41 bits per heavy atom. The van der Waals surface area contributed by atoms with Crippen LogP contribution in [0, 0.1) is 6.92 Å². The molecule has 0 fully saturated rings. The van der Waals surface area contributed by atoms with E-state index in [1.54, 1.807) is 6.92 Å². The number of rotatable bonds is 6. The van der Waals surface area contributed by atoms with Crippen molar-refractivity contribution in [2.75, 3.05) is 18.5 Å². The first kappa shape index (κ1) is 13.4. The van der Waals surface area contributed by atoms with Gasteiger partial charge in [0.25, 0.3) is 0 Å². The largest absolute Gasteiger partial charge is 0.477 e. The molecule has 5 heteroatoms. The molecule has 0 saturated carbocycles. The number of nitrogens with zero attached hydrogens (tertiary/aromatic N) is 3. The van der Waals surface area contributed by atoms with Gasteiger partial charge in [0.05, 0.1) is 0 Å². The van der Waals surface area contributed by atoms with Crippen LogP contribution in [-0.2, 0) is 0 Å². The van der Waals surface area contributed by atoms with Gasteiger partial charge >= 0.3 is 5.97 Å². The van der Waals surface area contributed by atoms with Crippen LogP contribution in [0.4, 0.5) is 5.95 Å². The zero-order valence-electron chi connectivity index (χ0n) is 10.6. The van der Waals surface area contributed by atoms with Gasteiger partial charge in [-0.2, -0.15) is 0 Å². The highest BCUT2D eigenvalue weighted by molar-refractivity contribution is 5.85. The van der Waals surface area contributed by atoms with Gasteiger partial charge in [-0.25, -0.2) is 14.8 Å². The van der Waals surface area contributed by atoms with Gasteiger partial charge in [0.1, 0.15) is 0 Å². The molecular formula is C12H19N3O2. The summed E-state index contributed by atoms with van der Waals surface area (Å²) in [6, 6.07) is 1.48. The molecule has 0 aromatic carbocycles. The lowest BCUT2D eigenvalue weighted by molar-refractivity contribution is 0.0690. The first-order valence-electron chi connectivity index (χ1n) is 5.84. The number of carboxylic acid groups (broad SMARTS) is 1. The molecule has 0 aliphatic carbocycles. The number of aryl methyl sites for hydroxylation is 1. The van der Waals surface area contributed by atoms with E-state index in [1.807, 2.05) is 11.9 Å². The summed E-state index contributed by atoms with van der Waals surface area (Å²) < 4.78 is 0. The van der Waals surface area contributed by atoms with E-state index < -0.39 is 5.97 Å². The number of hydrogen-bond donors (Lipinski definition) is 1. The second-order valence-corrected chi connectivity index (χ2v) is 4.13. The summed E-state index contributed by atoms with van der Waals surface area (Å²) in [6.45, 7) is 4.76. The van der Waals surface area contributed by atoms with Crippen molar-refractivity contribution in [1.82, 2.24) is 9.97 Å². The molecule has 0 saturated heterocycles. The van der Waals surface area contributed by atoms with Crippen molar-refractivity contribution >= 4 is 11.9 Å². The maximum absolute atomic E-state index is 10.9. The van der Waals surface area contributed by atoms with Crippen LogP contribution in [0.2, 0.25) is 0 Å². The van der Waals surface area contributed by atoms with Crippen molar-refractivity contribution in [2.45, 2.75) is 33.1 Å². The Kier molecular flexibility index (Phi) is 4.87. The van der Waals surface area contributed by atoms with Gasteiger partial charge in [0, 0.05) is 19.3 Å². The molecule has 1 aromatic rings. The van der Waals surface area contributed by atoms with E-state index in [-0.39, 0.29) is 5.69 Å². The lowest BCUT2D eigenvalue weighted by Gasteiger charge is -2.17. The van der Waals surface area contributed by atoms with Crippen LogP contribution in [0.1, 0.15) is 42.4 Å². The molecule has 0 atom stereocenters. The van der Waals surface area contributed by atoms with E-state index in [0.29, 0.717) is 11.6 Å². The molecule has 1 N–H and O–H groups in total. The molecule has 94 valence electrons. The van der Waals surface area contributed by atoms with Crippen molar-refractivity contribution in [3.63, 3.8) is 0 Å². The fourth-order valence-corrected chi connectivity index (χ4v) is 1.53. The standard InChI is InChI=1S/C12H19N3O2/c1-4-5-6-7-15(3)12-13-9(2)8-10(14-12)11(16)17/h8H,4-7H2,1-3H3,(H,16,17). The van der Waals surface area contributed by atoms with Crippen LogP contribution in [0.15, 0.2) is 6.07 Å². The fraction of sp³-hybridized carbons (Fsp3) is 0.583. The monoisotopic (exact) mass is 237 g/mol. The minimum absolute atomic E-state index is 0.0508. The average molecular weight is 237 g/mol. The Morgan fingerprint density at radius 2 is 2.12 bits per heavy atom. The van der Waals surface area contributed by atoms with Crippen molar-refractivity contribution in [1.29, 1.82) is 0 Å². The van der Waals surface area contributed by atoms with Crippen LogP contribution in [0.25, 0.3) is 0 Å². The quantitative estimate of drug-likeness (QED) is 0.767. The number of unbranched alkanes of at least 4 members (excludes halogenated alkanes) is 2. The molecule has 0 aliphatic rings. The summed E-state index contributed by atoms with van der Waals surface area (Å²) >= 11 is 0. The highest BCUT2D eigenvalue weighted by atomic mass is 16.4. The summed E-state index contributed by atoms with van der Waals surface area (Å²) in [4.78, 5) is 21.1. The maximum Gasteiger partial charge on any atom is 0.354 e. The van der Waals surface area contributed by atoms with Gasteiger partial charge in [-0.1, -0.05) is 19.8 Å². The Hall–Kier alpha value is -1.65. The third kappa shape index (κ3) is 4.01. The molecule has 17 heavy (non-hydrogen) atoms. The third-order valence-corrected chi connectivity index (χ3v) is 2.50. The number of hydrogen-bond acceptors (Lipinski definition) is 4. The number of anilines is 1. The number of carboxylic acids is 1. The molecule has 0 spiro atoms. The van der Waals surface area contributed by atoms with Crippen molar-refractivity contribution in [2.24, 2.45) is 0 Å². The minimum atomic E-state index is -1.02. The molecule has 1 aromatic heterocycles. The van der Waals surface area contributed by atoms with Crippen LogP contribution in [0.5, 0.6) is 0 Å². The first-order chi connectivity index (χ1) is 8.04. The van der Waals surface area contributed by atoms with Crippen LogP contribution >= 0.6 is 0 Å². The van der Waals surface area contributed by atoms with E-state index in [1.165, 1.54) is 6.07 Å². The number of carbonyl (C=O) groups is 1. The Balaban J connectivity index is 2.78.